The smallest absolute Gasteiger partial charge is 0.214 e. The third-order valence-corrected chi connectivity index (χ3v) is 6.77. The fourth-order valence-electron chi connectivity index (χ4n) is 2.70. The fourth-order valence-corrected chi connectivity index (χ4v) is 4.29. The van der Waals surface area contributed by atoms with Gasteiger partial charge in [-0.2, -0.15) is 11.3 Å². The summed E-state index contributed by atoms with van der Waals surface area (Å²) in [6, 6.07) is 10.2. The van der Waals surface area contributed by atoms with Crippen LogP contribution in [0.3, 0.4) is 0 Å². The van der Waals surface area contributed by atoms with Crippen LogP contribution in [0.15, 0.2) is 41.1 Å². The molecule has 0 radical (unpaired) electrons. The normalized spacial score (nSPS) is 21.9. The van der Waals surface area contributed by atoms with Gasteiger partial charge < -0.3 is 4.74 Å². The van der Waals surface area contributed by atoms with Gasteiger partial charge in [-0.3, -0.25) is 0 Å². The van der Waals surface area contributed by atoms with Crippen LogP contribution in [-0.2, 0) is 14.8 Å². The summed E-state index contributed by atoms with van der Waals surface area (Å²) in [5.41, 5.74) is 3.49. The van der Waals surface area contributed by atoms with Crippen molar-refractivity contribution in [1.82, 2.24) is 4.72 Å². The zero-order valence-corrected chi connectivity index (χ0v) is 14.9. The number of thiophene rings is 1. The summed E-state index contributed by atoms with van der Waals surface area (Å²) >= 11 is 1.68. The third kappa shape index (κ3) is 3.66. The lowest BCUT2D eigenvalue weighted by Gasteiger charge is -2.21. The highest BCUT2D eigenvalue weighted by Crippen LogP contribution is 2.29. The SMILES string of the molecule is CC(C)S(=O)(=O)N[C@@H]1COC[C@@H]1c1ccc(-c2ccsc2)cc1. The highest BCUT2D eigenvalue weighted by Gasteiger charge is 2.33. The van der Waals surface area contributed by atoms with Crippen LogP contribution in [0.2, 0.25) is 0 Å². The molecule has 0 bridgehead atoms. The van der Waals surface area contributed by atoms with Gasteiger partial charge in [0.1, 0.15) is 0 Å². The fraction of sp³-hybridized carbons (Fsp3) is 0.412. The van der Waals surface area contributed by atoms with E-state index in [0.717, 1.165) is 5.56 Å². The Morgan fingerprint density at radius 1 is 1.13 bits per heavy atom. The zero-order valence-electron chi connectivity index (χ0n) is 13.2. The molecule has 0 saturated carbocycles. The van der Waals surface area contributed by atoms with Gasteiger partial charge in [-0.15, -0.1) is 0 Å². The molecule has 0 unspecified atom stereocenters. The lowest BCUT2D eigenvalue weighted by atomic mass is 9.93. The van der Waals surface area contributed by atoms with Gasteiger partial charge in [0.15, 0.2) is 0 Å². The molecule has 2 aromatic rings. The van der Waals surface area contributed by atoms with Crippen LogP contribution in [0.1, 0.15) is 25.3 Å². The maximum absolute atomic E-state index is 12.1. The number of nitrogens with one attached hydrogen (secondary N) is 1. The van der Waals surface area contributed by atoms with Crippen LogP contribution in [-0.4, -0.2) is 32.9 Å². The predicted molar refractivity (Wildman–Crippen MR) is 94.3 cm³/mol. The first-order chi connectivity index (χ1) is 11.0. The van der Waals surface area contributed by atoms with Gasteiger partial charge in [0.2, 0.25) is 10.0 Å². The van der Waals surface area contributed by atoms with E-state index in [1.165, 1.54) is 11.1 Å². The predicted octanol–water partition coefficient (Wildman–Crippen LogP) is 3.23. The molecular weight excluding hydrogens is 330 g/mol. The second kappa shape index (κ2) is 6.73. The Hall–Kier alpha value is -1.21. The molecule has 6 heteroatoms. The van der Waals surface area contributed by atoms with E-state index in [2.05, 4.69) is 45.8 Å². The molecule has 124 valence electrons. The van der Waals surface area contributed by atoms with E-state index in [4.69, 9.17) is 4.74 Å². The van der Waals surface area contributed by atoms with Crippen LogP contribution >= 0.6 is 11.3 Å². The second-order valence-corrected chi connectivity index (χ2v) is 9.14. The number of hydrogen-bond donors (Lipinski definition) is 1. The Bertz CT molecular complexity index is 737. The summed E-state index contributed by atoms with van der Waals surface area (Å²) in [4.78, 5) is 0. The number of rotatable bonds is 5. The molecule has 1 saturated heterocycles. The van der Waals surface area contributed by atoms with Crippen LogP contribution in [0.5, 0.6) is 0 Å². The van der Waals surface area contributed by atoms with Gasteiger partial charge in [-0.05, 0) is 47.4 Å². The Balaban J connectivity index is 1.78. The number of benzene rings is 1. The Kier molecular flexibility index (Phi) is 4.87. The molecule has 0 aliphatic carbocycles. The Morgan fingerprint density at radius 2 is 1.87 bits per heavy atom. The van der Waals surface area contributed by atoms with Gasteiger partial charge in [0.05, 0.1) is 24.5 Å². The molecule has 23 heavy (non-hydrogen) atoms. The topological polar surface area (TPSA) is 55.4 Å². The molecule has 1 aliphatic heterocycles. The van der Waals surface area contributed by atoms with Crippen LogP contribution in [0, 0.1) is 0 Å². The van der Waals surface area contributed by atoms with Gasteiger partial charge in [-0.1, -0.05) is 24.3 Å². The molecule has 2 atom stereocenters. The molecule has 0 spiro atoms. The molecule has 1 aliphatic rings. The minimum absolute atomic E-state index is 0.0556. The van der Waals surface area contributed by atoms with Gasteiger partial charge in [-0.25, -0.2) is 13.1 Å². The highest BCUT2D eigenvalue weighted by molar-refractivity contribution is 7.90. The number of ether oxygens (including phenoxy) is 1. The van der Waals surface area contributed by atoms with E-state index in [1.54, 1.807) is 25.2 Å². The van der Waals surface area contributed by atoms with E-state index in [1.807, 2.05) is 0 Å². The minimum atomic E-state index is -3.29. The van der Waals surface area contributed by atoms with Crippen molar-refractivity contribution < 1.29 is 13.2 Å². The van der Waals surface area contributed by atoms with Gasteiger partial charge in [0, 0.05) is 5.92 Å². The minimum Gasteiger partial charge on any atom is -0.379 e. The van der Waals surface area contributed by atoms with E-state index in [0.29, 0.717) is 13.2 Å². The molecule has 2 heterocycles. The molecule has 1 N–H and O–H groups in total. The summed E-state index contributed by atoms with van der Waals surface area (Å²) in [6.45, 7) is 4.33. The summed E-state index contributed by atoms with van der Waals surface area (Å²) in [7, 11) is -3.29. The lowest BCUT2D eigenvalue weighted by Crippen LogP contribution is -2.42. The van der Waals surface area contributed by atoms with E-state index >= 15 is 0 Å². The van der Waals surface area contributed by atoms with Crippen molar-refractivity contribution in [3.8, 4) is 11.1 Å². The van der Waals surface area contributed by atoms with Crippen molar-refractivity contribution in [2.45, 2.75) is 31.1 Å². The number of hydrogen-bond acceptors (Lipinski definition) is 4. The quantitative estimate of drug-likeness (QED) is 0.900. The first-order valence-electron chi connectivity index (χ1n) is 7.69. The largest absolute Gasteiger partial charge is 0.379 e. The second-order valence-electron chi connectivity index (χ2n) is 6.10. The summed E-state index contributed by atoms with van der Waals surface area (Å²) in [6.07, 6.45) is 0. The third-order valence-electron chi connectivity index (χ3n) is 4.21. The zero-order chi connectivity index (χ0) is 16.4. The maximum Gasteiger partial charge on any atom is 0.214 e. The van der Waals surface area contributed by atoms with E-state index in [-0.39, 0.29) is 12.0 Å². The van der Waals surface area contributed by atoms with E-state index in [9.17, 15) is 8.42 Å². The molecule has 1 aromatic heterocycles. The molecule has 3 rings (SSSR count). The summed E-state index contributed by atoms with van der Waals surface area (Å²) in [5, 5.41) is 3.74. The lowest BCUT2D eigenvalue weighted by molar-refractivity contribution is 0.189. The standard InChI is InChI=1S/C17H21NO3S2/c1-12(2)23(19,20)18-17-10-21-9-16(17)14-5-3-13(4-6-14)15-7-8-22-11-15/h3-8,11-12,16-18H,9-10H2,1-2H3/t16-,17-/m1/s1. The highest BCUT2D eigenvalue weighted by atomic mass is 32.2. The average molecular weight is 351 g/mol. The molecular formula is C17H21NO3S2. The molecule has 1 aromatic carbocycles. The molecule has 1 fully saturated rings. The van der Waals surface area contributed by atoms with Crippen molar-refractivity contribution in [2.24, 2.45) is 0 Å². The molecule has 4 nitrogen and oxygen atoms in total. The Labute approximate surface area is 141 Å². The van der Waals surface area contributed by atoms with Crippen molar-refractivity contribution >= 4 is 21.4 Å². The first kappa shape index (κ1) is 16.6. The van der Waals surface area contributed by atoms with Gasteiger partial charge in [0.25, 0.3) is 0 Å². The monoisotopic (exact) mass is 351 g/mol. The average Bonchev–Trinajstić information content (AvgIpc) is 3.18. The van der Waals surface area contributed by atoms with Crippen molar-refractivity contribution in [3.05, 3.63) is 46.7 Å². The first-order valence-corrected chi connectivity index (χ1v) is 10.2. The Morgan fingerprint density at radius 3 is 2.48 bits per heavy atom. The van der Waals surface area contributed by atoms with Crippen molar-refractivity contribution in [1.29, 1.82) is 0 Å². The van der Waals surface area contributed by atoms with Gasteiger partial charge >= 0.3 is 0 Å². The van der Waals surface area contributed by atoms with Crippen LogP contribution in [0.4, 0.5) is 0 Å². The van der Waals surface area contributed by atoms with Crippen molar-refractivity contribution in [3.63, 3.8) is 0 Å². The van der Waals surface area contributed by atoms with Crippen LogP contribution in [0.25, 0.3) is 11.1 Å². The van der Waals surface area contributed by atoms with E-state index < -0.39 is 15.3 Å². The number of sulfonamides is 1. The summed E-state index contributed by atoms with van der Waals surface area (Å²) in [5.74, 6) is 0.0556. The summed E-state index contributed by atoms with van der Waals surface area (Å²) < 4.78 is 32.5. The van der Waals surface area contributed by atoms with Crippen molar-refractivity contribution in [2.75, 3.05) is 13.2 Å². The van der Waals surface area contributed by atoms with Crippen LogP contribution < -0.4 is 4.72 Å². The molecule has 0 amide bonds. The maximum atomic E-state index is 12.1.